The topological polar surface area (TPSA) is 90.5 Å². The third-order valence-electron chi connectivity index (χ3n) is 5.45. The standard InChI is InChI=1S/C23H26N4O3S/c28-21(14-20-23(30)26-18-8-4-5-9-19(18)31-20)24-17-10-12-27(13-11-17)15-22(29)25-16-6-2-1-3-7-16/h1-9,17,20H,10-15H2,(H,24,28)(H,25,29)(H,26,30). The number of fused-ring (bicyclic) bond motifs is 1. The predicted octanol–water partition coefficient (Wildman–Crippen LogP) is 2.71. The van der Waals surface area contributed by atoms with E-state index in [0.717, 1.165) is 42.2 Å². The first kappa shape index (κ1) is 21.4. The van der Waals surface area contributed by atoms with E-state index in [9.17, 15) is 14.4 Å². The molecule has 4 rings (SSSR count). The van der Waals surface area contributed by atoms with Crippen LogP contribution in [-0.2, 0) is 14.4 Å². The number of likely N-dealkylation sites (tertiary alicyclic amines) is 1. The minimum absolute atomic E-state index is 0.0331. The Labute approximate surface area is 186 Å². The van der Waals surface area contributed by atoms with E-state index in [2.05, 4.69) is 20.9 Å². The number of nitrogens with one attached hydrogen (secondary N) is 3. The lowest BCUT2D eigenvalue weighted by Gasteiger charge is -2.32. The van der Waals surface area contributed by atoms with Gasteiger partial charge in [-0.15, -0.1) is 11.8 Å². The van der Waals surface area contributed by atoms with Crippen LogP contribution in [0.2, 0.25) is 0 Å². The summed E-state index contributed by atoms with van der Waals surface area (Å²) in [4.78, 5) is 40.1. The highest BCUT2D eigenvalue weighted by molar-refractivity contribution is 8.01. The molecule has 3 amide bonds. The number of thioether (sulfide) groups is 1. The van der Waals surface area contributed by atoms with E-state index in [-0.39, 0.29) is 30.2 Å². The van der Waals surface area contributed by atoms with Gasteiger partial charge in [-0.05, 0) is 37.1 Å². The molecule has 0 bridgehead atoms. The fourth-order valence-electron chi connectivity index (χ4n) is 3.84. The van der Waals surface area contributed by atoms with Crippen molar-refractivity contribution >= 4 is 40.9 Å². The maximum atomic E-state index is 12.5. The monoisotopic (exact) mass is 438 g/mol. The van der Waals surface area contributed by atoms with Crippen molar-refractivity contribution in [1.82, 2.24) is 10.2 Å². The normalized spacial score (nSPS) is 19.2. The number of para-hydroxylation sites is 2. The fourth-order valence-corrected chi connectivity index (χ4v) is 4.95. The van der Waals surface area contributed by atoms with Crippen LogP contribution in [0.3, 0.4) is 0 Å². The Morgan fingerprint density at radius 3 is 2.48 bits per heavy atom. The molecule has 0 spiro atoms. The Hall–Kier alpha value is -2.84. The quantitative estimate of drug-likeness (QED) is 0.645. The average molecular weight is 439 g/mol. The van der Waals surface area contributed by atoms with Gasteiger partial charge in [0, 0.05) is 36.1 Å². The lowest BCUT2D eigenvalue weighted by atomic mass is 10.0. The molecule has 1 saturated heterocycles. The number of hydrogen-bond acceptors (Lipinski definition) is 5. The van der Waals surface area contributed by atoms with Gasteiger partial charge in [0.1, 0.15) is 0 Å². The van der Waals surface area contributed by atoms with Gasteiger partial charge < -0.3 is 16.0 Å². The zero-order chi connectivity index (χ0) is 21.6. The fraction of sp³-hybridized carbons (Fsp3) is 0.348. The van der Waals surface area contributed by atoms with E-state index in [1.807, 2.05) is 54.6 Å². The van der Waals surface area contributed by atoms with Crippen molar-refractivity contribution in [2.24, 2.45) is 0 Å². The Balaban J connectivity index is 1.19. The van der Waals surface area contributed by atoms with Crippen LogP contribution in [0, 0.1) is 0 Å². The number of hydrogen-bond donors (Lipinski definition) is 3. The van der Waals surface area contributed by atoms with Crippen molar-refractivity contribution in [2.45, 2.75) is 35.4 Å². The van der Waals surface area contributed by atoms with Crippen molar-refractivity contribution < 1.29 is 14.4 Å². The molecule has 0 radical (unpaired) electrons. The molecule has 2 heterocycles. The maximum Gasteiger partial charge on any atom is 0.238 e. The summed E-state index contributed by atoms with van der Waals surface area (Å²) >= 11 is 1.44. The molecule has 1 atom stereocenters. The molecule has 8 heteroatoms. The van der Waals surface area contributed by atoms with Crippen molar-refractivity contribution in [3.05, 3.63) is 54.6 Å². The molecule has 2 aliphatic rings. The van der Waals surface area contributed by atoms with E-state index in [1.54, 1.807) is 0 Å². The Kier molecular flexibility index (Phi) is 6.89. The number of nitrogens with zero attached hydrogens (tertiary/aromatic N) is 1. The number of anilines is 2. The second-order valence-corrected chi connectivity index (χ2v) is 9.07. The predicted molar refractivity (Wildman–Crippen MR) is 122 cm³/mol. The minimum Gasteiger partial charge on any atom is -0.353 e. The minimum atomic E-state index is -0.420. The second-order valence-electron chi connectivity index (χ2n) is 7.83. The second kappa shape index (κ2) is 9.98. The molecule has 31 heavy (non-hydrogen) atoms. The van der Waals surface area contributed by atoms with Gasteiger partial charge in [0.05, 0.1) is 17.5 Å². The number of amides is 3. The van der Waals surface area contributed by atoms with Crippen LogP contribution >= 0.6 is 11.8 Å². The first-order valence-electron chi connectivity index (χ1n) is 10.5. The molecule has 2 aromatic carbocycles. The summed E-state index contributed by atoms with van der Waals surface area (Å²) in [5.74, 6) is -0.264. The van der Waals surface area contributed by atoms with Crippen LogP contribution < -0.4 is 16.0 Å². The summed E-state index contributed by atoms with van der Waals surface area (Å²) in [6.45, 7) is 1.84. The summed E-state index contributed by atoms with van der Waals surface area (Å²) in [5, 5.41) is 8.42. The van der Waals surface area contributed by atoms with E-state index in [0.29, 0.717) is 6.54 Å². The summed E-state index contributed by atoms with van der Waals surface area (Å²) in [6.07, 6.45) is 1.74. The number of piperidine rings is 1. The van der Waals surface area contributed by atoms with Gasteiger partial charge >= 0.3 is 0 Å². The summed E-state index contributed by atoms with van der Waals surface area (Å²) in [5.41, 5.74) is 1.60. The van der Waals surface area contributed by atoms with Gasteiger partial charge in [-0.2, -0.15) is 0 Å². The number of rotatable bonds is 6. The molecule has 1 fully saturated rings. The molecule has 0 aliphatic carbocycles. The highest BCUT2D eigenvalue weighted by Gasteiger charge is 2.30. The number of benzene rings is 2. The Bertz CT molecular complexity index is 945. The van der Waals surface area contributed by atoms with Crippen molar-refractivity contribution in [2.75, 3.05) is 30.3 Å². The summed E-state index contributed by atoms with van der Waals surface area (Å²) in [6, 6.07) is 17.1. The molecule has 0 aromatic heterocycles. The van der Waals surface area contributed by atoms with Gasteiger partial charge in [0.2, 0.25) is 17.7 Å². The first-order chi connectivity index (χ1) is 15.1. The van der Waals surface area contributed by atoms with Crippen LogP contribution in [0.4, 0.5) is 11.4 Å². The number of carbonyl (C=O) groups is 3. The van der Waals surface area contributed by atoms with Gasteiger partial charge in [-0.3, -0.25) is 19.3 Å². The molecule has 7 nitrogen and oxygen atoms in total. The lowest BCUT2D eigenvalue weighted by Crippen LogP contribution is -2.47. The molecule has 162 valence electrons. The van der Waals surface area contributed by atoms with Crippen LogP contribution in [0.1, 0.15) is 19.3 Å². The van der Waals surface area contributed by atoms with E-state index >= 15 is 0 Å². The number of carbonyl (C=O) groups excluding carboxylic acids is 3. The van der Waals surface area contributed by atoms with Gasteiger partial charge in [0.15, 0.2) is 0 Å². The third-order valence-corrected chi connectivity index (χ3v) is 6.73. The van der Waals surface area contributed by atoms with E-state index in [1.165, 1.54) is 11.8 Å². The van der Waals surface area contributed by atoms with Crippen LogP contribution in [0.25, 0.3) is 0 Å². The lowest BCUT2D eigenvalue weighted by molar-refractivity contribution is -0.125. The van der Waals surface area contributed by atoms with Crippen LogP contribution in [0.15, 0.2) is 59.5 Å². The zero-order valence-electron chi connectivity index (χ0n) is 17.2. The zero-order valence-corrected chi connectivity index (χ0v) is 18.0. The highest BCUT2D eigenvalue weighted by atomic mass is 32.2. The smallest absolute Gasteiger partial charge is 0.238 e. The summed E-state index contributed by atoms with van der Waals surface area (Å²) in [7, 11) is 0. The molecule has 0 saturated carbocycles. The molecule has 2 aromatic rings. The Morgan fingerprint density at radius 2 is 1.71 bits per heavy atom. The molecule has 3 N–H and O–H groups in total. The summed E-state index contributed by atoms with van der Waals surface area (Å²) < 4.78 is 0. The molecule has 2 aliphatic heterocycles. The van der Waals surface area contributed by atoms with Crippen molar-refractivity contribution in [3.8, 4) is 0 Å². The molecular weight excluding hydrogens is 412 g/mol. The average Bonchev–Trinajstić information content (AvgIpc) is 2.76. The van der Waals surface area contributed by atoms with Crippen molar-refractivity contribution in [3.63, 3.8) is 0 Å². The van der Waals surface area contributed by atoms with E-state index < -0.39 is 5.25 Å². The largest absolute Gasteiger partial charge is 0.353 e. The van der Waals surface area contributed by atoms with Gasteiger partial charge in [-0.25, -0.2) is 0 Å². The Morgan fingerprint density at radius 1 is 1.00 bits per heavy atom. The van der Waals surface area contributed by atoms with Gasteiger partial charge in [0.25, 0.3) is 0 Å². The SMILES string of the molecule is O=C(CN1CCC(NC(=O)CC2Sc3ccccc3NC2=O)CC1)Nc1ccccc1. The van der Waals surface area contributed by atoms with Crippen LogP contribution in [0.5, 0.6) is 0 Å². The maximum absolute atomic E-state index is 12.5. The molecule has 1 unspecified atom stereocenters. The highest BCUT2D eigenvalue weighted by Crippen LogP contribution is 2.36. The van der Waals surface area contributed by atoms with Crippen molar-refractivity contribution in [1.29, 1.82) is 0 Å². The molecular formula is C23H26N4O3S. The van der Waals surface area contributed by atoms with Gasteiger partial charge in [-0.1, -0.05) is 30.3 Å². The van der Waals surface area contributed by atoms with E-state index in [4.69, 9.17) is 0 Å². The first-order valence-corrected chi connectivity index (χ1v) is 11.4. The van der Waals surface area contributed by atoms with Crippen LogP contribution in [-0.4, -0.2) is 53.5 Å². The third kappa shape index (κ3) is 5.86.